The normalized spacial score (nSPS) is 21.5. The van der Waals surface area contributed by atoms with Gasteiger partial charge in [-0.2, -0.15) is 0 Å². The van der Waals surface area contributed by atoms with Crippen LogP contribution >= 0.6 is 0 Å². The lowest BCUT2D eigenvalue weighted by Gasteiger charge is -2.37. The van der Waals surface area contributed by atoms with Crippen LogP contribution in [0.1, 0.15) is 23.1 Å². The number of rotatable bonds is 4. The van der Waals surface area contributed by atoms with Gasteiger partial charge in [0.2, 0.25) is 5.91 Å². The van der Waals surface area contributed by atoms with Gasteiger partial charge in [-0.25, -0.2) is 4.90 Å². The van der Waals surface area contributed by atoms with Crippen molar-refractivity contribution < 1.29 is 9.59 Å². The number of piperazine rings is 1. The second kappa shape index (κ2) is 7.86. The van der Waals surface area contributed by atoms with E-state index in [9.17, 15) is 9.59 Å². The fourth-order valence-corrected chi connectivity index (χ4v) is 4.11. The summed E-state index contributed by atoms with van der Waals surface area (Å²) in [6.07, 6.45) is 0.282. The van der Waals surface area contributed by atoms with Crippen molar-refractivity contribution in [2.24, 2.45) is 0 Å². The molecule has 2 fully saturated rings. The maximum atomic E-state index is 13.0. The minimum Gasteiger partial charge on any atom is -0.297 e. The van der Waals surface area contributed by atoms with E-state index in [1.807, 2.05) is 38.1 Å². The molecule has 1 unspecified atom stereocenters. The first-order valence-electron chi connectivity index (χ1n) is 9.97. The minimum atomic E-state index is -0.326. The highest BCUT2D eigenvalue weighted by Crippen LogP contribution is 2.28. The van der Waals surface area contributed by atoms with Crippen molar-refractivity contribution in [2.75, 3.05) is 31.1 Å². The molecular formula is C23H27N3O2. The van der Waals surface area contributed by atoms with E-state index in [4.69, 9.17) is 0 Å². The van der Waals surface area contributed by atoms with E-state index in [0.717, 1.165) is 43.9 Å². The number of anilines is 1. The fraction of sp³-hybridized carbons (Fsp3) is 0.391. The average molecular weight is 377 g/mol. The molecule has 0 radical (unpaired) electrons. The van der Waals surface area contributed by atoms with E-state index in [2.05, 4.69) is 34.1 Å². The molecule has 2 aromatic rings. The van der Waals surface area contributed by atoms with E-state index in [-0.39, 0.29) is 24.3 Å². The van der Waals surface area contributed by atoms with E-state index in [1.54, 1.807) is 0 Å². The Morgan fingerprint density at radius 1 is 0.893 bits per heavy atom. The summed E-state index contributed by atoms with van der Waals surface area (Å²) < 4.78 is 0. The molecule has 2 amide bonds. The van der Waals surface area contributed by atoms with Gasteiger partial charge in [-0.05, 0) is 42.7 Å². The van der Waals surface area contributed by atoms with Crippen molar-refractivity contribution in [1.29, 1.82) is 0 Å². The first-order valence-corrected chi connectivity index (χ1v) is 9.97. The van der Waals surface area contributed by atoms with Gasteiger partial charge in [0.05, 0.1) is 18.2 Å². The van der Waals surface area contributed by atoms with E-state index >= 15 is 0 Å². The van der Waals surface area contributed by atoms with Gasteiger partial charge in [0, 0.05) is 32.7 Å². The number of hydrogen-bond donors (Lipinski definition) is 0. The zero-order valence-corrected chi connectivity index (χ0v) is 16.6. The first-order chi connectivity index (χ1) is 13.5. The van der Waals surface area contributed by atoms with Gasteiger partial charge >= 0.3 is 0 Å². The molecule has 2 saturated heterocycles. The summed E-state index contributed by atoms with van der Waals surface area (Å²) >= 11 is 0. The molecule has 4 rings (SSSR count). The van der Waals surface area contributed by atoms with E-state index < -0.39 is 0 Å². The molecule has 2 heterocycles. The molecule has 2 aromatic carbocycles. The van der Waals surface area contributed by atoms with Gasteiger partial charge in [0.25, 0.3) is 5.91 Å². The molecule has 1 atom stereocenters. The molecular weight excluding hydrogens is 350 g/mol. The largest absolute Gasteiger partial charge is 0.297 e. The Balaban J connectivity index is 1.40. The van der Waals surface area contributed by atoms with Crippen molar-refractivity contribution in [3.63, 3.8) is 0 Å². The summed E-state index contributed by atoms with van der Waals surface area (Å²) in [5.41, 5.74) is 4.26. The van der Waals surface area contributed by atoms with Gasteiger partial charge in [-0.1, -0.05) is 36.4 Å². The van der Waals surface area contributed by atoms with Crippen LogP contribution in [0.3, 0.4) is 0 Å². The summed E-state index contributed by atoms with van der Waals surface area (Å²) in [6, 6.07) is 15.9. The third-order valence-electron chi connectivity index (χ3n) is 5.97. The Labute approximate surface area is 166 Å². The Morgan fingerprint density at radius 3 is 2.29 bits per heavy atom. The summed E-state index contributed by atoms with van der Waals surface area (Å²) in [4.78, 5) is 31.6. The molecule has 146 valence electrons. The van der Waals surface area contributed by atoms with E-state index in [1.165, 1.54) is 10.5 Å². The minimum absolute atomic E-state index is 0.0789. The van der Waals surface area contributed by atoms with Crippen LogP contribution in [0, 0.1) is 13.8 Å². The number of carbonyl (C=O) groups excluding carboxylic acids is 2. The number of amides is 2. The SMILES string of the molecule is Cc1ccc(N2C(=O)CC(N3CCN(Cc4ccccc4)CC3)C2=O)cc1C. The second-order valence-electron chi connectivity index (χ2n) is 7.85. The van der Waals surface area contributed by atoms with Crippen LogP contribution < -0.4 is 4.90 Å². The topological polar surface area (TPSA) is 43.9 Å². The lowest BCUT2D eigenvalue weighted by Crippen LogP contribution is -2.52. The first kappa shape index (κ1) is 18.8. The highest BCUT2D eigenvalue weighted by atomic mass is 16.2. The Morgan fingerprint density at radius 2 is 1.61 bits per heavy atom. The van der Waals surface area contributed by atoms with Crippen molar-refractivity contribution in [3.8, 4) is 0 Å². The molecule has 28 heavy (non-hydrogen) atoms. The molecule has 5 nitrogen and oxygen atoms in total. The molecule has 2 aliphatic heterocycles. The van der Waals surface area contributed by atoms with Crippen LogP contribution in [0.5, 0.6) is 0 Å². The Kier molecular flexibility index (Phi) is 5.29. The van der Waals surface area contributed by atoms with Gasteiger partial charge in [0.1, 0.15) is 0 Å². The summed E-state index contributed by atoms with van der Waals surface area (Å²) in [5.74, 6) is -0.172. The van der Waals surface area contributed by atoms with E-state index in [0.29, 0.717) is 5.69 Å². The Hall–Kier alpha value is -2.50. The monoisotopic (exact) mass is 377 g/mol. The smallest absolute Gasteiger partial charge is 0.251 e. The molecule has 5 heteroatoms. The third-order valence-corrected chi connectivity index (χ3v) is 5.97. The highest BCUT2D eigenvalue weighted by Gasteiger charge is 2.43. The predicted octanol–water partition coefficient (Wildman–Crippen LogP) is 2.75. The zero-order valence-electron chi connectivity index (χ0n) is 16.6. The van der Waals surface area contributed by atoms with Crippen LogP contribution in [0.15, 0.2) is 48.5 Å². The van der Waals surface area contributed by atoms with Gasteiger partial charge < -0.3 is 0 Å². The maximum Gasteiger partial charge on any atom is 0.251 e. The molecule has 0 N–H and O–H groups in total. The van der Waals surface area contributed by atoms with Gasteiger partial charge in [-0.3, -0.25) is 19.4 Å². The summed E-state index contributed by atoms with van der Waals surface area (Å²) in [7, 11) is 0. The standard InChI is InChI=1S/C23H27N3O2/c1-17-8-9-20(14-18(17)2)26-22(27)15-21(23(26)28)25-12-10-24(11-13-25)16-19-6-4-3-5-7-19/h3-9,14,21H,10-13,15-16H2,1-2H3. The fourth-order valence-electron chi connectivity index (χ4n) is 4.11. The number of aryl methyl sites for hydroxylation is 2. The number of hydrogen-bond acceptors (Lipinski definition) is 4. The average Bonchev–Trinajstić information content (AvgIpc) is 3.00. The van der Waals surface area contributed by atoms with Crippen LogP contribution in [-0.2, 0) is 16.1 Å². The third kappa shape index (κ3) is 3.73. The highest BCUT2D eigenvalue weighted by molar-refractivity contribution is 6.22. The Bertz CT molecular complexity index is 873. The number of imide groups is 1. The predicted molar refractivity (Wildman–Crippen MR) is 110 cm³/mol. The van der Waals surface area contributed by atoms with Crippen molar-refractivity contribution in [1.82, 2.24) is 9.80 Å². The van der Waals surface area contributed by atoms with Crippen LogP contribution in [0.25, 0.3) is 0 Å². The molecule has 0 spiro atoms. The van der Waals surface area contributed by atoms with Gasteiger partial charge in [-0.15, -0.1) is 0 Å². The van der Waals surface area contributed by atoms with Crippen molar-refractivity contribution in [2.45, 2.75) is 32.9 Å². The number of nitrogens with zero attached hydrogens (tertiary/aromatic N) is 3. The van der Waals surface area contributed by atoms with Crippen LogP contribution in [-0.4, -0.2) is 53.8 Å². The zero-order chi connectivity index (χ0) is 19.7. The molecule has 2 aliphatic rings. The number of carbonyl (C=O) groups is 2. The molecule has 0 aliphatic carbocycles. The van der Waals surface area contributed by atoms with Gasteiger partial charge in [0.15, 0.2) is 0 Å². The van der Waals surface area contributed by atoms with Crippen LogP contribution in [0.2, 0.25) is 0 Å². The lowest BCUT2D eigenvalue weighted by atomic mass is 10.1. The lowest BCUT2D eigenvalue weighted by molar-refractivity contribution is -0.123. The quantitative estimate of drug-likeness (QED) is 0.769. The van der Waals surface area contributed by atoms with Crippen molar-refractivity contribution >= 4 is 17.5 Å². The van der Waals surface area contributed by atoms with Crippen molar-refractivity contribution in [3.05, 3.63) is 65.2 Å². The van der Waals surface area contributed by atoms with Crippen LogP contribution in [0.4, 0.5) is 5.69 Å². The number of benzene rings is 2. The molecule has 0 saturated carbocycles. The summed E-state index contributed by atoms with van der Waals surface area (Å²) in [6.45, 7) is 8.43. The second-order valence-corrected chi connectivity index (χ2v) is 7.85. The summed E-state index contributed by atoms with van der Waals surface area (Å²) in [5, 5.41) is 0. The molecule has 0 bridgehead atoms. The molecule has 0 aromatic heterocycles. The maximum absolute atomic E-state index is 13.0.